The van der Waals surface area contributed by atoms with Crippen molar-refractivity contribution in [3.05, 3.63) is 59.6 Å². The fraction of sp³-hybridized carbons (Fsp3) is 0.333. The summed E-state index contributed by atoms with van der Waals surface area (Å²) in [4.78, 5) is 16.4. The molecule has 1 saturated heterocycles. The molecule has 1 amide bonds. The molecule has 2 atom stereocenters. The van der Waals surface area contributed by atoms with Gasteiger partial charge in [-0.25, -0.2) is 4.68 Å². The molecule has 0 saturated carbocycles. The van der Waals surface area contributed by atoms with Gasteiger partial charge in [0.2, 0.25) is 0 Å². The monoisotopic (exact) mass is 365 g/mol. The quantitative estimate of drug-likeness (QED) is 0.674. The van der Waals surface area contributed by atoms with Gasteiger partial charge in [-0.2, -0.15) is 5.10 Å². The number of aromatic nitrogens is 2. The van der Waals surface area contributed by atoms with E-state index in [9.17, 15) is 4.79 Å². The summed E-state index contributed by atoms with van der Waals surface area (Å²) in [6, 6.07) is 14.0. The number of thiophene rings is 1. The fourth-order valence-electron chi connectivity index (χ4n) is 3.84. The van der Waals surface area contributed by atoms with Crippen LogP contribution in [0.1, 0.15) is 30.6 Å². The molecule has 2 aromatic heterocycles. The number of amides is 1. The predicted molar refractivity (Wildman–Crippen MR) is 106 cm³/mol. The van der Waals surface area contributed by atoms with Gasteiger partial charge in [0.1, 0.15) is 5.69 Å². The first-order valence-electron chi connectivity index (χ1n) is 9.10. The molecule has 26 heavy (non-hydrogen) atoms. The maximum atomic E-state index is 13.3. The number of carbonyl (C=O) groups excluding carboxylic acids is 1. The Hall–Kier alpha value is -2.40. The summed E-state index contributed by atoms with van der Waals surface area (Å²) in [5.41, 5.74) is 2.43. The molecule has 0 aliphatic carbocycles. The Labute approximate surface area is 158 Å². The SMILES string of the molecule is C[C@@H]1C[C@@H](C)CN(C(=O)c2cn(-c3ccccc3)nc2-c2cccs2)C1. The van der Waals surface area contributed by atoms with Crippen LogP contribution in [0, 0.1) is 11.8 Å². The molecule has 0 N–H and O–H groups in total. The molecule has 1 aromatic carbocycles. The van der Waals surface area contributed by atoms with Crippen molar-refractivity contribution in [1.29, 1.82) is 0 Å². The van der Waals surface area contributed by atoms with Gasteiger partial charge in [-0.05, 0) is 41.8 Å². The lowest BCUT2D eigenvalue weighted by molar-refractivity contribution is 0.0624. The summed E-state index contributed by atoms with van der Waals surface area (Å²) in [5.74, 6) is 1.17. The second-order valence-corrected chi connectivity index (χ2v) is 8.25. The number of piperidine rings is 1. The number of carbonyl (C=O) groups is 1. The minimum Gasteiger partial charge on any atom is -0.338 e. The van der Waals surface area contributed by atoms with Crippen LogP contribution in [0.15, 0.2) is 54.0 Å². The maximum Gasteiger partial charge on any atom is 0.257 e. The number of rotatable bonds is 3. The molecule has 1 fully saturated rings. The molecule has 134 valence electrons. The molecule has 3 aromatic rings. The van der Waals surface area contributed by atoms with Crippen LogP contribution in [-0.2, 0) is 0 Å². The Morgan fingerprint density at radius 1 is 1.08 bits per heavy atom. The lowest BCUT2D eigenvalue weighted by atomic mass is 9.91. The number of hydrogen-bond acceptors (Lipinski definition) is 3. The number of para-hydroxylation sites is 1. The van der Waals surface area contributed by atoms with Crippen molar-refractivity contribution in [3.63, 3.8) is 0 Å². The van der Waals surface area contributed by atoms with Gasteiger partial charge in [0.25, 0.3) is 5.91 Å². The maximum absolute atomic E-state index is 13.3. The summed E-state index contributed by atoms with van der Waals surface area (Å²) < 4.78 is 1.82. The molecular weight excluding hydrogens is 342 g/mol. The molecule has 3 heterocycles. The highest BCUT2D eigenvalue weighted by molar-refractivity contribution is 7.13. The molecule has 5 heteroatoms. The van der Waals surface area contributed by atoms with E-state index in [0.717, 1.165) is 29.3 Å². The summed E-state index contributed by atoms with van der Waals surface area (Å²) in [6.45, 7) is 6.10. The second-order valence-electron chi connectivity index (χ2n) is 7.30. The van der Waals surface area contributed by atoms with Crippen LogP contribution in [0.4, 0.5) is 0 Å². The van der Waals surface area contributed by atoms with Crippen LogP contribution in [0.5, 0.6) is 0 Å². The van der Waals surface area contributed by atoms with Crippen molar-refractivity contribution in [2.45, 2.75) is 20.3 Å². The zero-order valence-corrected chi connectivity index (χ0v) is 15.9. The van der Waals surface area contributed by atoms with Crippen molar-refractivity contribution >= 4 is 17.2 Å². The van der Waals surface area contributed by atoms with E-state index in [1.54, 1.807) is 11.3 Å². The summed E-state index contributed by atoms with van der Waals surface area (Å²) in [5, 5.41) is 6.78. The van der Waals surface area contributed by atoms with E-state index in [4.69, 9.17) is 5.10 Å². The van der Waals surface area contributed by atoms with Crippen LogP contribution in [-0.4, -0.2) is 33.7 Å². The number of likely N-dealkylation sites (tertiary alicyclic amines) is 1. The van der Waals surface area contributed by atoms with E-state index >= 15 is 0 Å². The molecule has 1 aliphatic heterocycles. The molecule has 0 bridgehead atoms. The van der Waals surface area contributed by atoms with Gasteiger partial charge in [0, 0.05) is 19.3 Å². The largest absolute Gasteiger partial charge is 0.338 e. The Morgan fingerprint density at radius 3 is 2.46 bits per heavy atom. The Morgan fingerprint density at radius 2 is 1.81 bits per heavy atom. The van der Waals surface area contributed by atoms with Crippen molar-refractivity contribution in [2.24, 2.45) is 11.8 Å². The smallest absolute Gasteiger partial charge is 0.257 e. The first kappa shape index (κ1) is 17.0. The lowest BCUT2D eigenvalue weighted by Gasteiger charge is -2.34. The third-order valence-corrected chi connectivity index (χ3v) is 5.75. The highest BCUT2D eigenvalue weighted by Gasteiger charge is 2.29. The third kappa shape index (κ3) is 3.31. The minimum absolute atomic E-state index is 0.0916. The predicted octanol–water partition coefficient (Wildman–Crippen LogP) is 4.72. The average molecular weight is 366 g/mol. The van der Waals surface area contributed by atoms with Gasteiger partial charge >= 0.3 is 0 Å². The first-order chi connectivity index (χ1) is 12.6. The van der Waals surface area contributed by atoms with Crippen molar-refractivity contribution in [2.75, 3.05) is 13.1 Å². The van der Waals surface area contributed by atoms with Gasteiger partial charge in [0.15, 0.2) is 0 Å². The van der Waals surface area contributed by atoms with Crippen LogP contribution < -0.4 is 0 Å². The van der Waals surface area contributed by atoms with Crippen molar-refractivity contribution in [3.8, 4) is 16.3 Å². The van der Waals surface area contributed by atoms with E-state index < -0.39 is 0 Å². The molecular formula is C21H23N3OS. The Balaban J connectivity index is 1.74. The topological polar surface area (TPSA) is 38.1 Å². The van der Waals surface area contributed by atoms with Gasteiger partial charge in [0.05, 0.1) is 16.1 Å². The minimum atomic E-state index is 0.0916. The van der Waals surface area contributed by atoms with Gasteiger partial charge in [-0.15, -0.1) is 11.3 Å². The van der Waals surface area contributed by atoms with Gasteiger partial charge < -0.3 is 4.90 Å². The normalized spacial score (nSPS) is 20.3. The lowest BCUT2D eigenvalue weighted by Crippen LogP contribution is -2.42. The fourth-order valence-corrected chi connectivity index (χ4v) is 4.56. The van der Waals surface area contributed by atoms with Crippen molar-refractivity contribution < 1.29 is 4.79 Å². The number of nitrogens with zero attached hydrogens (tertiary/aromatic N) is 3. The molecule has 4 nitrogen and oxygen atoms in total. The summed E-state index contributed by atoms with van der Waals surface area (Å²) in [6.07, 6.45) is 3.07. The molecule has 4 rings (SSSR count). The van der Waals surface area contributed by atoms with Crippen molar-refractivity contribution in [1.82, 2.24) is 14.7 Å². The zero-order chi connectivity index (χ0) is 18.1. The molecule has 0 radical (unpaired) electrons. The van der Waals surface area contributed by atoms with E-state index in [1.165, 1.54) is 6.42 Å². The molecule has 0 spiro atoms. The van der Waals surface area contributed by atoms with Gasteiger partial charge in [-0.1, -0.05) is 38.1 Å². The molecule has 1 aliphatic rings. The van der Waals surface area contributed by atoms with E-state index in [2.05, 4.69) is 13.8 Å². The first-order valence-corrected chi connectivity index (χ1v) is 9.98. The third-order valence-electron chi connectivity index (χ3n) is 4.88. The van der Waals surface area contributed by atoms with Gasteiger partial charge in [-0.3, -0.25) is 4.79 Å². The molecule has 0 unspecified atom stereocenters. The Bertz CT molecular complexity index is 875. The number of benzene rings is 1. The summed E-state index contributed by atoms with van der Waals surface area (Å²) in [7, 11) is 0. The van der Waals surface area contributed by atoms with Crippen LogP contribution in [0.3, 0.4) is 0 Å². The highest BCUT2D eigenvalue weighted by Crippen LogP contribution is 2.30. The standard InChI is InChI=1S/C21H23N3OS/c1-15-11-16(2)13-23(12-15)21(25)18-14-24(17-7-4-3-5-8-17)22-20(18)19-9-6-10-26-19/h3-10,14-16H,11-13H2,1-2H3/t15-,16-/m1/s1. The van der Waals surface area contributed by atoms with E-state index in [0.29, 0.717) is 17.4 Å². The van der Waals surface area contributed by atoms with Crippen LogP contribution in [0.2, 0.25) is 0 Å². The zero-order valence-electron chi connectivity index (χ0n) is 15.1. The van der Waals surface area contributed by atoms with E-state index in [1.807, 2.05) is 63.6 Å². The average Bonchev–Trinajstić information content (AvgIpc) is 3.30. The van der Waals surface area contributed by atoms with Crippen LogP contribution in [0.25, 0.3) is 16.3 Å². The number of hydrogen-bond donors (Lipinski definition) is 0. The van der Waals surface area contributed by atoms with Crippen LogP contribution >= 0.6 is 11.3 Å². The summed E-state index contributed by atoms with van der Waals surface area (Å²) >= 11 is 1.62. The Kier molecular flexibility index (Phi) is 4.64. The van der Waals surface area contributed by atoms with E-state index in [-0.39, 0.29) is 5.91 Å². The second kappa shape index (κ2) is 7.08. The highest BCUT2D eigenvalue weighted by atomic mass is 32.1.